The van der Waals surface area contributed by atoms with E-state index in [1.807, 2.05) is 20.8 Å². The topological polar surface area (TPSA) is 26.8 Å². The quantitative estimate of drug-likeness (QED) is 0.696. The summed E-state index contributed by atoms with van der Waals surface area (Å²) in [5.41, 5.74) is 0. The molecule has 0 N–H and O–H groups in total. The average molecular weight is 380 g/mol. The number of rotatable bonds is 6. The van der Waals surface area contributed by atoms with E-state index < -0.39 is 0 Å². The molecule has 0 amide bonds. The second kappa shape index (κ2) is 12.2. The van der Waals surface area contributed by atoms with Gasteiger partial charge in [-0.05, 0) is 90.8 Å². The lowest BCUT2D eigenvalue weighted by molar-refractivity contribution is -0.124. The van der Waals surface area contributed by atoms with Crippen LogP contribution in [0.25, 0.3) is 0 Å². The number of hydrogen-bond donors (Lipinski definition) is 0. The highest BCUT2D eigenvalue weighted by atomic mass is 16.1. The van der Waals surface area contributed by atoms with Crippen LogP contribution in [0, 0.1) is 5.92 Å². The van der Waals surface area contributed by atoms with Crippen LogP contribution in [-0.2, 0) is 4.79 Å². The lowest BCUT2D eigenvalue weighted by Gasteiger charge is -2.45. The fraction of sp³-hybridized carbons (Fsp3) is 0.957. The van der Waals surface area contributed by atoms with Gasteiger partial charge in [0.15, 0.2) is 0 Å². The first-order valence-corrected chi connectivity index (χ1v) is 11.9. The summed E-state index contributed by atoms with van der Waals surface area (Å²) in [5.74, 6) is 0.846. The summed E-state index contributed by atoms with van der Waals surface area (Å²) in [6, 6.07) is 1.61. The van der Waals surface area contributed by atoms with Crippen molar-refractivity contribution in [2.24, 2.45) is 5.92 Å². The number of carbonyl (C=O) groups is 1. The Kier molecular flexibility index (Phi) is 10.3. The van der Waals surface area contributed by atoms with Crippen LogP contribution in [0.3, 0.4) is 0 Å². The molecule has 4 nitrogen and oxygen atoms in total. The van der Waals surface area contributed by atoms with Crippen LogP contribution in [0.15, 0.2) is 0 Å². The molecule has 0 aliphatic carbocycles. The summed E-state index contributed by atoms with van der Waals surface area (Å²) in [4.78, 5) is 20.0. The zero-order valence-electron chi connectivity index (χ0n) is 18.6. The normalized spacial score (nSPS) is 25.2. The molecule has 158 valence electrons. The standard InChI is InChI=1S/C21H39N3O.C2H6/c1-3-11-22-12-7-19(8-13-22)24-16-9-20(10-17-24)23-14-5-18(6-15-23)21(25)4-2;1-2/h18-20H,3-17H2,1-2H3;1-2H3. The van der Waals surface area contributed by atoms with Crippen LogP contribution in [0.5, 0.6) is 0 Å². The minimum atomic E-state index is 0.356. The predicted molar refractivity (Wildman–Crippen MR) is 115 cm³/mol. The molecule has 0 saturated carbocycles. The number of piperidine rings is 3. The Morgan fingerprint density at radius 3 is 1.63 bits per heavy atom. The number of nitrogens with zero attached hydrogens (tertiary/aromatic N) is 3. The molecular formula is C23H45N3O. The average Bonchev–Trinajstić information content (AvgIpc) is 2.76. The Hall–Kier alpha value is -0.450. The van der Waals surface area contributed by atoms with Gasteiger partial charge in [-0.15, -0.1) is 0 Å². The van der Waals surface area contributed by atoms with Gasteiger partial charge in [-0.1, -0.05) is 27.7 Å². The maximum atomic E-state index is 11.9. The minimum absolute atomic E-state index is 0.356. The largest absolute Gasteiger partial charge is 0.303 e. The molecule has 27 heavy (non-hydrogen) atoms. The maximum Gasteiger partial charge on any atom is 0.135 e. The highest BCUT2D eigenvalue weighted by Crippen LogP contribution is 2.27. The van der Waals surface area contributed by atoms with E-state index in [-0.39, 0.29) is 0 Å². The zero-order chi connectivity index (χ0) is 19.6. The van der Waals surface area contributed by atoms with E-state index in [9.17, 15) is 4.79 Å². The molecule has 0 aromatic rings. The summed E-state index contributed by atoms with van der Waals surface area (Å²) in [6.07, 6.45) is 9.62. The van der Waals surface area contributed by atoms with Crippen molar-refractivity contribution < 1.29 is 4.79 Å². The monoisotopic (exact) mass is 379 g/mol. The van der Waals surface area contributed by atoms with Gasteiger partial charge in [0.2, 0.25) is 0 Å². The van der Waals surface area contributed by atoms with E-state index in [2.05, 4.69) is 21.6 Å². The number of carbonyl (C=O) groups excluding carboxylic acids is 1. The summed E-state index contributed by atoms with van der Waals surface area (Å²) < 4.78 is 0. The lowest BCUT2D eigenvalue weighted by Crippen LogP contribution is -2.52. The van der Waals surface area contributed by atoms with Crippen LogP contribution in [-0.4, -0.2) is 78.4 Å². The van der Waals surface area contributed by atoms with Crippen molar-refractivity contribution in [3.8, 4) is 0 Å². The molecule has 0 unspecified atom stereocenters. The number of likely N-dealkylation sites (tertiary alicyclic amines) is 3. The third-order valence-electron chi connectivity index (χ3n) is 6.96. The van der Waals surface area contributed by atoms with Crippen molar-refractivity contribution in [2.75, 3.05) is 45.8 Å². The minimum Gasteiger partial charge on any atom is -0.303 e. The SMILES string of the molecule is CC.CCCN1CCC(N2CCC(N3CCC(C(=O)CC)CC3)CC2)CC1. The summed E-state index contributed by atoms with van der Waals surface area (Å²) in [6.45, 7) is 17.1. The Labute approximate surface area is 168 Å². The van der Waals surface area contributed by atoms with E-state index in [0.717, 1.165) is 44.4 Å². The second-order valence-electron chi connectivity index (χ2n) is 8.47. The highest BCUT2D eigenvalue weighted by Gasteiger charge is 2.32. The van der Waals surface area contributed by atoms with Gasteiger partial charge in [0.05, 0.1) is 0 Å². The predicted octanol–water partition coefficient (Wildman–Crippen LogP) is 4.04. The number of ketones is 1. The molecule has 3 fully saturated rings. The highest BCUT2D eigenvalue weighted by molar-refractivity contribution is 5.80. The van der Waals surface area contributed by atoms with Gasteiger partial charge in [0.25, 0.3) is 0 Å². The van der Waals surface area contributed by atoms with Crippen LogP contribution < -0.4 is 0 Å². The van der Waals surface area contributed by atoms with Gasteiger partial charge in [-0.3, -0.25) is 4.79 Å². The van der Waals surface area contributed by atoms with Crippen molar-refractivity contribution in [3.05, 3.63) is 0 Å². The van der Waals surface area contributed by atoms with Gasteiger partial charge >= 0.3 is 0 Å². The molecule has 0 radical (unpaired) electrons. The van der Waals surface area contributed by atoms with Crippen molar-refractivity contribution in [3.63, 3.8) is 0 Å². The maximum absolute atomic E-state index is 11.9. The first-order valence-electron chi connectivity index (χ1n) is 11.9. The Bertz CT molecular complexity index is 404. The van der Waals surface area contributed by atoms with Gasteiger partial charge in [-0.2, -0.15) is 0 Å². The van der Waals surface area contributed by atoms with E-state index in [0.29, 0.717) is 11.7 Å². The smallest absolute Gasteiger partial charge is 0.135 e. The molecule has 0 aromatic heterocycles. The summed E-state index contributed by atoms with van der Waals surface area (Å²) in [5, 5.41) is 0. The molecule has 0 spiro atoms. The van der Waals surface area contributed by atoms with E-state index >= 15 is 0 Å². The van der Waals surface area contributed by atoms with Crippen molar-refractivity contribution >= 4 is 5.78 Å². The Balaban J connectivity index is 0.00000126. The van der Waals surface area contributed by atoms with Crippen molar-refractivity contribution in [2.45, 2.75) is 91.1 Å². The molecule has 3 saturated heterocycles. The van der Waals surface area contributed by atoms with Crippen LogP contribution in [0.4, 0.5) is 0 Å². The molecule has 4 heteroatoms. The molecule has 3 rings (SSSR count). The fourth-order valence-corrected chi connectivity index (χ4v) is 5.32. The van der Waals surface area contributed by atoms with Gasteiger partial charge in [0.1, 0.15) is 5.78 Å². The molecule has 0 atom stereocenters. The number of Topliss-reactive ketones (excluding diaryl/α,β-unsaturated/α-hetero) is 1. The van der Waals surface area contributed by atoms with Gasteiger partial charge in [-0.25, -0.2) is 0 Å². The molecule has 3 heterocycles. The molecule has 0 aromatic carbocycles. The lowest BCUT2D eigenvalue weighted by atomic mass is 9.89. The summed E-state index contributed by atoms with van der Waals surface area (Å²) in [7, 11) is 0. The Morgan fingerprint density at radius 1 is 0.741 bits per heavy atom. The zero-order valence-corrected chi connectivity index (χ0v) is 18.6. The molecular weight excluding hydrogens is 334 g/mol. The van der Waals surface area contributed by atoms with Gasteiger partial charge < -0.3 is 14.7 Å². The van der Waals surface area contributed by atoms with Crippen LogP contribution >= 0.6 is 0 Å². The fourth-order valence-electron chi connectivity index (χ4n) is 5.32. The third-order valence-corrected chi connectivity index (χ3v) is 6.96. The third kappa shape index (κ3) is 6.54. The van der Waals surface area contributed by atoms with E-state index in [1.54, 1.807) is 0 Å². The molecule has 3 aliphatic heterocycles. The first-order chi connectivity index (χ1) is 13.2. The van der Waals surface area contributed by atoms with Crippen molar-refractivity contribution in [1.82, 2.24) is 14.7 Å². The van der Waals surface area contributed by atoms with E-state index in [4.69, 9.17) is 0 Å². The Morgan fingerprint density at radius 2 is 1.19 bits per heavy atom. The van der Waals surface area contributed by atoms with Crippen LogP contribution in [0.2, 0.25) is 0 Å². The van der Waals surface area contributed by atoms with Gasteiger partial charge in [0, 0.05) is 24.4 Å². The molecule has 0 bridgehead atoms. The first kappa shape index (κ1) is 22.8. The van der Waals surface area contributed by atoms with Crippen molar-refractivity contribution in [1.29, 1.82) is 0 Å². The van der Waals surface area contributed by atoms with Crippen LogP contribution in [0.1, 0.15) is 79.1 Å². The molecule has 3 aliphatic rings. The van der Waals surface area contributed by atoms with E-state index in [1.165, 1.54) is 64.8 Å². The second-order valence-corrected chi connectivity index (χ2v) is 8.47. The summed E-state index contributed by atoms with van der Waals surface area (Å²) >= 11 is 0. The number of hydrogen-bond acceptors (Lipinski definition) is 4.